The van der Waals surface area contributed by atoms with Gasteiger partial charge in [0, 0.05) is 47.1 Å². The summed E-state index contributed by atoms with van der Waals surface area (Å²) >= 11 is 0. The van der Waals surface area contributed by atoms with Crippen molar-refractivity contribution in [1.29, 1.82) is 0 Å². The Kier molecular flexibility index (Phi) is 15.9. The summed E-state index contributed by atoms with van der Waals surface area (Å²) in [6, 6.07) is 16.0. The number of nitrogens with one attached hydrogen (secondary N) is 2. The van der Waals surface area contributed by atoms with Gasteiger partial charge in [-0.2, -0.15) is 0 Å². The Morgan fingerprint density at radius 2 is 0.871 bits per heavy atom. The lowest BCUT2D eigenvalue weighted by Gasteiger charge is -2.63. The highest BCUT2D eigenvalue weighted by molar-refractivity contribution is 6.10. The summed E-state index contributed by atoms with van der Waals surface area (Å²) in [5.74, 6) is -4.62. The molecule has 382 valence electrons. The quantitative estimate of drug-likeness (QED) is 0.0746. The van der Waals surface area contributed by atoms with Gasteiger partial charge in [-0.3, -0.25) is 38.8 Å². The minimum absolute atomic E-state index is 0.119. The fourth-order valence-corrected chi connectivity index (χ4v) is 12.0. The van der Waals surface area contributed by atoms with Crippen LogP contribution in [-0.4, -0.2) is 153 Å². The number of likely N-dealkylation sites (tertiary alicyclic amines) is 2. The number of urea groups is 2. The highest BCUT2D eigenvalue weighted by Crippen LogP contribution is 2.53. The van der Waals surface area contributed by atoms with Crippen LogP contribution in [0.5, 0.6) is 0 Å². The Labute approximate surface area is 411 Å². The van der Waals surface area contributed by atoms with Gasteiger partial charge < -0.3 is 29.6 Å². The van der Waals surface area contributed by atoms with Crippen LogP contribution in [0.2, 0.25) is 0 Å². The molecule has 4 saturated heterocycles. The summed E-state index contributed by atoms with van der Waals surface area (Å²) in [5.41, 5.74) is -4.30. The van der Waals surface area contributed by atoms with E-state index < -0.39 is 119 Å². The monoisotopic (exact) mass is 973 g/mol. The average molecular weight is 973 g/mol. The molecule has 2 spiro atoms. The van der Waals surface area contributed by atoms with E-state index >= 15 is 0 Å². The molecule has 2 aromatic rings. The van der Waals surface area contributed by atoms with Crippen LogP contribution >= 0.6 is 0 Å². The van der Waals surface area contributed by atoms with Gasteiger partial charge in [-0.15, -0.1) is 0 Å². The lowest BCUT2D eigenvalue weighted by molar-refractivity contribution is -0.161. The van der Waals surface area contributed by atoms with Gasteiger partial charge in [-0.25, -0.2) is 19.2 Å². The van der Waals surface area contributed by atoms with Gasteiger partial charge in [-0.05, 0) is 90.5 Å². The van der Waals surface area contributed by atoms with Crippen molar-refractivity contribution >= 4 is 47.8 Å². The molecule has 0 aliphatic carbocycles. The molecule has 8 atom stereocenters. The zero-order valence-electron chi connectivity index (χ0n) is 42.5. The van der Waals surface area contributed by atoms with Gasteiger partial charge >= 0.3 is 35.9 Å². The summed E-state index contributed by atoms with van der Waals surface area (Å²) in [4.78, 5) is 114. The van der Waals surface area contributed by atoms with Crippen molar-refractivity contribution in [3.8, 4) is 0 Å². The van der Waals surface area contributed by atoms with Crippen molar-refractivity contribution in [3.05, 3.63) is 71.8 Å². The molecular weight excluding hydrogens is 901 g/mol. The molecule has 70 heavy (non-hydrogen) atoms. The van der Waals surface area contributed by atoms with Crippen LogP contribution in [0.25, 0.3) is 0 Å². The van der Waals surface area contributed by atoms with Crippen LogP contribution in [0.1, 0.15) is 128 Å². The number of amides is 6. The van der Waals surface area contributed by atoms with Gasteiger partial charge in [-0.1, -0.05) is 77.9 Å². The number of piperidine rings is 2. The Balaban J connectivity index is 1.02. The molecule has 6 amide bonds. The van der Waals surface area contributed by atoms with Crippen molar-refractivity contribution in [2.24, 2.45) is 11.8 Å². The van der Waals surface area contributed by atoms with Gasteiger partial charge in [0.1, 0.15) is 50.6 Å². The maximum absolute atomic E-state index is 14.4. The first-order chi connectivity index (χ1) is 33.1. The summed E-state index contributed by atoms with van der Waals surface area (Å²) in [5, 5.41) is 5.93. The largest absolute Gasteiger partial charge is 0.461 e. The summed E-state index contributed by atoms with van der Waals surface area (Å²) in [6.45, 7) is 18.9. The third-order valence-electron chi connectivity index (χ3n) is 16.9. The van der Waals surface area contributed by atoms with Gasteiger partial charge in [0.15, 0.2) is 0 Å². The standard InChI is InChI=1S/C52H72N6O12/c1-11-47(7)33-51(35(5)49(9,13-3)57(47)25-27-69-41(61)37-21-17-15-18-22-37)43(63)55(45(65)53-51)31-39(59)67-29-30-68-40(60)32-56-44(64)52(54-46(56)66)34-48(8,12-2)58(50(10,14-4)36(52)6)26-28-70-42(62)38-23-19-16-20-24-38/h15-24,35-36H,11-14,25-34H2,1-10H3,(H,53,65)(H,54,66). The topological polar surface area (TPSA) is 210 Å². The number of carbonyl (C=O) groups is 8. The minimum atomic E-state index is -1.34. The molecule has 4 aliphatic rings. The van der Waals surface area contributed by atoms with E-state index in [1.54, 1.807) is 48.5 Å². The maximum Gasteiger partial charge on any atom is 0.338 e. The van der Waals surface area contributed by atoms with E-state index in [1.807, 2.05) is 81.4 Å². The highest BCUT2D eigenvalue weighted by Gasteiger charge is 2.68. The van der Waals surface area contributed by atoms with Crippen LogP contribution in [0.15, 0.2) is 60.7 Å². The SMILES string of the molecule is CCC1(C)CC2(NC(=O)N(CC(=O)OCCOC(=O)CN3C(=O)NC4(CC(C)(CC)N(CCOC(=O)c5ccccc5)C(C)(CC)C4C)C3=O)C2=O)C(C)C(C)(CC)N1CCOC(=O)c1ccccc1. The Morgan fingerprint density at radius 1 is 0.529 bits per heavy atom. The molecule has 2 N–H and O–H groups in total. The number of hydrogen-bond acceptors (Lipinski definition) is 14. The second-order valence-electron chi connectivity index (χ2n) is 20.3. The fraction of sp³-hybridized carbons (Fsp3) is 0.615. The number of rotatable bonds is 19. The molecule has 0 bridgehead atoms. The second-order valence-corrected chi connectivity index (χ2v) is 20.3. The predicted molar refractivity (Wildman–Crippen MR) is 257 cm³/mol. The van der Waals surface area contributed by atoms with Gasteiger partial charge in [0.05, 0.1) is 11.1 Å². The Bertz CT molecular complexity index is 2160. The number of benzene rings is 2. The first-order valence-electron chi connectivity index (χ1n) is 24.7. The summed E-state index contributed by atoms with van der Waals surface area (Å²) in [6.07, 6.45) is 2.90. The molecule has 4 heterocycles. The molecular formula is C52H72N6O12. The number of ether oxygens (including phenoxy) is 4. The lowest BCUT2D eigenvalue weighted by Crippen LogP contribution is -2.75. The molecule has 18 nitrogen and oxygen atoms in total. The van der Waals surface area contributed by atoms with Crippen molar-refractivity contribution in [2.75, 3.05) is 52.6 Å². The normalized spacial score (nSPS) is 31.2. The van der Waals surface area contributed by atoms with E-state index in [0.717, 1.165) is 9.80 Å². The van der Waals surface area contributed by atoms with Crippen molar-refractivity contribution in [2.45, 2.75) is 141 Å². The van der Waals surface area contributed by atoms with Crippen LogP contribution in [-0.2, 0) is 38.1 Å². The van der Waals surface area contributed by atoms with Gasteiger partial charge in [0.2, 0.25) is 0 Å². The number of nitrogens with zero attached hydrogens (tertiary/aromatic N) is 4. The highest BCUT2D eigenvalue weighted by atomic mass is 16.6. The van der Waals surface area contributed by atoms with E-state index in [0.29, 0.717) is 49.9 Å². The van der Waals surface area contributed by atoms with Crippen molar-refractivity contribution in [1.82, 2.24) is 30.2 Å². The van der Waals surface area contributed by atoms with E-state index in [4.69, 9.17) is 18.9 Å². The molecule has 4 aliphatic heterocycles. The molecule has 18 heteroatoms. The van der Waals surface area contributed by atoms with E-state index in [9.17, 15) is 38.4 Å². The second kappa shape index (κ2) is 20.8. The minimum Gasteiger partial charge on any atom is -0.461 e. The van der Waals surface area contributed by atoms with E-state index in [1.165, 1.54) is 0 Å². The predicted octanol–water partition coefficient (Wildman–Crippen LogP) is 5.73. The van der Waals surface area contributed by atoms with E-state index in [2.05, 4.69) is 20.4 Å². The number of carbonyl (C=O) groups excluding carboxylic acids is 8. The zero-order valence-corrected chi connectivity index (χ0v) is 42.5. The van der Waals surface area contributed by atoms with Crippen molar-refractivity contribution < 1.29 is 57.3 Å². The third-order valence-corrected chi connectivity index (χ3v) is 16.9. The summed E-state index contributed by atoms with van der Waals surface area (Å²) < 4.78 is 22.0. The average Bonchev–Trinajstić information content (AvgIpc) is 3.72. The molecule has 2 aromatic carbocycles. The maximum atomic E-state index is 14.4. The first kappa shape index (κ1) is 53.5. The molecule has 0 saturated carbocycles. The van der Waals surface area contributed by atoms with Crippen molar-refractivity contribution in [3.63, 3.8) is 0 Å². The Morgan fingerprint density at radius 3 is 1.19 bits per heavy atom. The summed E-state index contributed by atoms with van der Waals surface area (Å²) in [7, 11) is 0. The van der Waals surface area contributed by atoms with Gasteiger partial charge in [0.25, 0.3) is 11.8 Å². The smallest absolute Gasteiger partial charge is 0.338 e. The Hall–Kier alpha value is -5.88. The third kappa shape index (κ3) is 9.64. The van der Waals surface area contributed by atoms with Crippen LogP contribution in [0, 0.1) is 11.8 Å². The molecule has 6 rings (SSSR count). The van der Waals surface area contributed by atoms with E-state index in [-0.39, 0.29) is 26.1 Å². The van der Waals surface area contributed by atoms with Crippen LogP contribution in [0.3, 0.4) is 0 Å². The molecule has 8 unspecified atom stereocenters. The molecule has 0 aromatic heterocycles. The molecule has 4 fully saturated rings. The van der Waals surface area contributed by atoms with Crippen LogP contribution < -0.4 is 10.6 Å². The first-order valence-corrected chi connectivity index (χ1v) is 24.7. The lowest BCUT2D eigenvalue weighted by atomic mass is 9.60. The number of esters is 4. The zero-order chi connectivity index (χ0) is 51.5. The van der Waals surface area contributed by atoms with Crippen LogP contribution in [0.4, 0.5) is 9.59 Å². The number of hydrogen-bond donors (Lipinski definition) is 2. The molecule has 0 radical (unpaired) electrons. The fourth-order valence-electron chi connectivity index (χ4n) is 12.0. The number of imide groups is 2.